The summed E-state index contributed by atoms with van der Waals surface area (Å²) in [6.45, 7) is 0. The van der Waals surface area contributed by atoms with Gasteiger partial charge in [0.2, 0.25) is 0 Å². The highest BCUT2D eigenvalue weighted by Gasteiger charge is 2.13. The van der Waals surface area contributed by atoms with Crippen LogP contribution in [0, 0.1) is 0 Å². The van der Waals surface area contributed by atoms with Crippen molar-refractivity contribution < 1.29 is 14.3 Å². The molecule has 2 rings (SSSR count). The van der Waals surface area contributed by atoms with Crippen LogP contribution in [-0.2, 0) is 0 Å². The first-order valence-electron chi connectivity index (χ1n) is 4.15. The van der Waals surface area contributed by atoms with E-state index in [4.69, 9.17) is 21.1 Å². The molecule has 4 nitrogen and oxygen atoms in total. The van der Waals surface area contributed by atoms with E-state index in [9.17, 15) is 9.59 Å². The number of carbonyl (C=O) groups is 1. The van der Waals surface area contributed by atoms with Crippen molar-refractivity contribution in [1.82, 2.24) is 0 Å². The lowest BCUT2D eigenvalue weighted by atomic mass is 10.2. The van der Waals surface area contributed by atoms with Gasteiger partial charge in [-0.2, -0.15) is 0 Å². The van der Waals surface area contributed by atoms with Crippen LogP contribution in [-0.4, -0.2) is 11.1 Å². The van der Waals surface area contributed by atoms with Gasteiger partial charge < -0.3 is 9.52 Å². The molecular weight excluding hydrogens is 299 g/mol. The van der Waals surface area contributed by atoms with Crippen LogP contribution in [0.3, 0.4) is 0 Å². The molecule has 0 atom stereocenters. The maximum Gasteiger partial charge on any atom is 0.351 e. The van der Waals surface area contributed by atoms with Crippen LogP contribution < -0.4 is 5.63 Å². The predicted octanol–water partition coefficient (Wildman–Crippen LogP) is 2.91. The fraction of sp³-hybridized carbons (Fsp3) is 0. The summed E-state index contributed by atoms with van der Waals surface area (Å²) < 4.78 is 5.53. The normalized spacial score (nSPS) is 10.6. The second-order valence-electron chi connectivity index (χ2n) is 3.06. The molecule has 0 fully saturated rings. The third-order valence-corrected chi connectivity index (χ3v) is 2.72. The molecule has 0 spiro atoms. The topological polar surface area (TPSA) is 67.5 Å². The Hall–Kier alpha value is -1.33. The molecule has 0 unspecified atom stereocenters. The lowest BCUT2D eigenvalue weighted by Crippen LogP contribution is -2.12. The van der Waals surface area contributed by atoms with E-state index >= 15 is 0 Å². The Kier molecular flexibility index (Phi) is 2.73. The predicted molar refractivity (Wildman–Crippen MR) is 62.2 cm³/mol. The Morgan fingerprint density at radius 2 is 2.06 bits per heavy atom. The summed E-state index contributed by atoms with van der Waals surface area (Å²) in [7, 11) is 0. The molecule has 0 amide bonds. The molecular formula is C10H4BrClO4. The summed E-state index contributed by atoms with van der Waals surface area (Å²) in [6.07, 6.45) is 0. The molecule has 0 aliphatic heterocycles. The van der Waals surface area contributed by atoms with E-state index in [0.29, 0.717) is 9.86 Å². The number of aromatic carboxylic acids is 1. The van der Waals surface area contributed by atoms with E-state index < -0.39 is 17.2 Å². The van der Waals surface area contributed by atoms with Crippen LogP contribution >= 0.6 is 27.5 Å². The van der Waals surface area contributed by atoms with Gasteiger partial charge in [0.05, 0.1) is 5.02 Å². The SMILES string of the molecule is O=C(O)c1cc2cc(Br)cc(Cl)c2oc1=O. The van der Waals surface area contributed by atoms with Crippen LogP contribution in [0.1, 0.15) is 10.4 Å². The fourth-order valence-electron chi connectivity index (χ4n) is 1.31. The van der Waals surface area contributed by atoms with Crippen molar-refractivity contribution in [3.8, 4) is 0 Å². The van der Waals surface area contributed by atoms with Crippen molar-refractivity contribution in [2.75, 3.05) is 0 Å². The maximum absolute atomic E-state index is 11.3. The van der Waals surface area contributed by atoms with Gasteiger partial charge in [0, 0.05) is 9.86 Å². The Morgan fingerprint density at radius 1 is 1.38 bits per heavy atom. The molecule has 0 radical (unpaired) electrons. The van der Waals surface area contributed by atoms with Gasteiger partial charge >= 0.3 is 11.6 Å². The number of carboxylic acid groups (broad SMARTS) is 1. The zero-order valence-electron chi connectivity index (χ0n) is 7.66. The number of hydrogen-bond acceptors (Lipinski definition) is 3. The minimum Gasteiger partial charge on any atom is -0.477 e. The van der Waals surface area contributed by atoms with E-state index in [1.165, 1.54) is 6.07 Å². The second-order valence-corrected chi connectivity index (χ2v) is 4.38. The maximum atomic E-state index is 11.3. The Labute approximate surface area is 103 Å². The molecule has 1 N–H and O–H groups in total. The lowest BCUT2D eigenvalue weighted by Gasteiger charge is -2.01. The standard InChI is InChI=1S/C10H4BrClO4/c11-5-1-4-2-6(9(13)14)10(15)16-8(4)7(12)3-5/h1-3H,(H,13,14). The van der Waals surface area contributed by atoms with Gasteiger partial charge in [-0.25, -0.2) is 9.59 Å². The quantitative estimate of drug-likeness (QED) is 0.823. The van der Waals surface area contributed by atoms with Crippen molar-refractivity contribution in [3.05, 3.63) is 43.7 Å². The minimum atomic E-state index is -1.33. The highest BCUT2D eigenvalue weighted by molar-refractivity contribution is 9.10. The first-order chi connectivity index (χ1) is 7.49. The van der Waals surface area contributed by atoms with Crippen molar-refractivity contribution in [2.24, 2.45) is 0 Å². The molecule has 0 saturated carbocycles. The highest BCUT2D eigenvalue weighted by Crippen LogP contribution is 2.27. The van der Waals surface area contributed by atoms with Crippen LogP contribution in [0.5, 0.6) is 0 Å². The molecule has 1 heterocycles. The van der Waals surface area contributed by atoms with E-state index in [1.807, 2.05) is 0 Å². The summed E-state index contributed by atoms with van der Waals surface area (Å²) in [5, 5.41) is 9.46. The first kappa shape index (κ1) is 11.2. The molecule has 1 aromatic carbocycles. The number of hydrogen-bond donors (Lipinski definition) is 1. The number of fused-ring (bicyclic) bond motifs is 1. The van der Waals surface area contributed by atoms with Gasteiger partial charge in [0.1, 0.15) is 5.56 Å². The average Bonchev–Trinajstić information content (AvgIpc) is 2.18. The van der Waals surface area contributed by atoms with Gasteiger partial charge in [-0.05, 0) is 18.2 Å². The highest BCUT2D eigenvalue weighted by atomic mass is 79.9. The smallest absolute Gasteiger partial charge is 0.351 e. The van der Waals surface area contributed by atoms with Crippen molar-refractivity contribution in [2.45, 2.75) is 0 Å². The van der Waals surface area contributed by atoms with E-state index in [0.717, 1.165) is 0 Å². The number of carboxylic acids is 1. The monoisotopic (exact) mass is 302 g/mol. The van der Waals surface area contributed by atoms with Crippen LogP contribution in [0.2, 0.25) is 5.02 Å². The number of halogens is 2. The Bertz CT molecular complexity index is 647. The molecule has 16 heavy (non-hydrogen) atoms. The van der Waals surface area contributed by atoms with Gasteiger partial charge in [0.25, 0.3) is 0 Å². The summed E-state index contributed by atoms with van der Waals surface area (Å²) in [6, 6.07) is 4.42. The number of benzene rings is 1. The molecule has 1 aromatic heterocycles. The first-order valence-corrected chi connectivity index (χ1v) is 5.32. The van der Waals surface area contributed by atoms with Gasteiger partial charge in [-0.3, -0.25) is 0 Å². The van der Waals surface area contributed by atoms with Crippen LogP contribution in [0.15, 0.2) is 31.9 Å². The minimum absolute atomic E-state index is 0.180. The largest absolute Gasteiger partial charge is 0.477 e. The molecule has 6 heteroatoms. The van der Waals surface area contributed by atoms with E-state index in [-0.39, 0.29) is 10.6 Å². The molecule has 0 aliphatic carbocycles. The van der Waals surface area contributed by atoms with Crippen molar-refractivity contribution in [3.63, 3.8) is 0 Å². The third kappa shape index (κ3) is 1.83. The van der Waals surface area contributed by atoms with Gasteiger partial charge in [-0.15, -0.1) is 0 Å². The lowest BCUT2D eigenvalue weighted by molar-refractivity contribution is 0.0692. The third-order valence-electron chi connectivity index (χ3n) is 1.98. The second kappa shape index (κ2) is 3.92. The molecule has 2 aromatic rings. The Morgan fingerprint density at radius 3 is 2.69 bits per heavy atom. The van der Waals surface area contributed by atoms with Crippen molar-refractivity contribution >= 4 is 44.5 Å². The van der Waals surface area contributed by atoms with Crippen LogP contribution in [0.4, 0.5) is 0 Å². The van der Waals surface area contributed by atoms with E-state index in [2.05, 4.69) is 15.9 Å². The molecule has 0 saturated heterocycles. The summed E-state index contributed by atoms with van der Waals surface area (Å²) >= 11 is 9.07. The molecule has 0 aliphatic rings. The zero-order valence-corrected chi connectivity index (χ0v) is 10.0. The summed E-state index contributed by atoms with van der Waals surface area (Å²) in [5.74, 6) is -1.33. The zero-order chi connectivity index (χ0) is 11.9. The summed E-state index contributed by atoms with van der Waals surface area (Å²) in [4.78, 5) is 22.0. The van der Waals surface area contributed by atoms with Crippen LogP contribution in [0.25, 0.3) is 11.0 Å². The molecule has 82 valence electrons. The number of rotatable bonds is 1. The summed E-state index contributed by atoms with van der Waals surface area (Å²) in [5.41, 5.74) is -1.15. The van der Waals surface area contributed by atoms with Gasteiger partial charge in [0.15, 0.2) is 5.58 Å². The van der Waals surface area contributed by atoms with E-state index in [1.54, 1.807) is 12.1 Å². The molecule has 0 bridgehead atoms. The fourth-order valence-corrected chi connectivity index (χ4v) is 2.18. The van der Waals surface area contributed by atoms with Gasteiger partial charge in [-0.1, -0.05) is 27.5 Å². The Balaban J connectivity index is 2.90. The van der Waals surface area contributed by atoms with Crippen molar-refractivity contribution in [1.29, 1.82) is 0 Å². The average molecular weight is 303 g/mol.